The summed E-state index contributed by atoms with van der Waals surface area (Å²) in [5, 5.41) is 11.0. The van der Waals surface area contributed by atoms with Crippen LogP contribution in [0.2, 0.25) is 0 Å². The molecule has 0 unspecified atom stereocenters. The maximum atomic E-state index is 14.3. The van der Waals surface area contributed by atoms with Crippen molar-refractivity contribution in [3.05, 3.63) is 89.3 Å². The van der Waals surface area contributed by atoms with E-state index in [0.29, 0.717) is 10.9 Å². The van der Waals surface area contributed by atoms with Crippen LogP contribution in [0.4, 0.5) is 4.39 Å². The topological polar surface area (TPSA) is 84.7 Å². The summed E-state index contributed by atoms with van der Waals surface area (Å²) in [7, 11) is -4.02. The van der Waals surface area contributed by atoms with Crippen molar-refractivity contribution in [2.75, 3.05) is 26.3 Å². The predicted molar refractivity (Wildman–Crippen MR) is 150 cm³/mol. The van der Waals surface area contributed by atoms with Crippen molar-refractivity contribution in [2.45, 2.75) is 18.4 Å². The minimum atomic E-state index is -4.02. The number of ether oxygens (including phenoxy) is 1. The van der Waals surface area contributed by atoms with E-state index in [9.17, 15) is 17.9 Å². The van der Waals surface area contributed by atoms with Crippen molar-refractivity contribution in [1.82, 2.24) is 13.9 Å². The minimum Gasteiger partial charge on any atom is -0.504 e. The van der Waals surface area contributed by atoms with Crippen LogP contribution in [-0.2, 0) is 21.3 Å². The standard InChI is InChI=1S/C29H26FN3O4S2/c1-19-5-8-22(9-6-19)39(35,36)33-18-25(23-3-2-4-26(30)28(23)34)24-15-20(16-31-29(24)33)27-10-7-21(38-27)17-32-11-13-37-14-12-32/h2-10,15-16,18,34H,11-14,17H2,1H3. The van der Waals surface area contributed by atoms with E-state index in [2.05, 4.69) is 16.0 Å². The maximum Gasteiger partial charge on any atom is 0.269 e. The summed E-state index contributed by atoms with van der Waals surface area (Å²) < 4.78 is 48.3. The third kappa shape index (κ3) is 4.85. The first-order valence-corrected chi connectivity index (χ1v) is 14.8. The number of thiophene rings is 1. The molecule has 1 fully saturated rings. The lowest BCUT2D eigenvalue weighted by molar-refractivity contribution is 0.0346. The molecule has 3 aromatic heterocycles. The first-order chi connectivity index (χ1) is 18.8. The molecule has 1 aliphatic heterocycles. The fourth-order valence-corrected chi connectivity index (χ4v) is 7.12. The molecule has 0 atom stereocenters. The first-order valence-electron chi connectivity index (χ1n) is 12.5. The summed E-state index contributed by atoms with van der Waals surface area (Å²) in [5.41, 5.74) is 2.50. The smallest absolute Gasteiger partial charge is 0.269 e. The Morgan fingerprint density at radius 3 is 2.59 bits per heavy atom. The molecule has 5 aromatic rings. The number of benzene rings is 2. The van der Waals surface area contributed by atoms with Crippen molar-refractivity contribution >= 4 is 32.4 Å². The van der Waals surface area contributed by atoms with E-state index in [1.807, 2.05) is 19.1 Å². The van der Waals surface area contributed by atoms with Gasteiger partial charge in [-0.2, -0.15) is 0 Å². The number of fused-ring (bicyclic) bond motifs is 1. The highest BCUT2D eigenvalue weighted by Gasteiger charge is 2.25. The molecule has 4 heterocycles. The molecule has 1 saturated heterocycles. The van der Waals surface area contributed by atoms with Crippen molar-refractivity contribution in [3.63, 3.8) is 0 Å². The fourth-order valence-electron chi connectivity index (χ4n) is 4.77. The minimum absolute atomic E-state index is 0.108. The van der Waals surface area contributed by atoms with Crippen LogP contribution in [0.25, 0.3) is 32.6 Å². The highest BCUT2D eigenvalue weighted by Crippen LogP contribution is 2.40. The van der Waals surface area contributed by atoms with Gasteiger partial charge in [0.2, 0.25) is 0 Å². The van der Waals surface area contributed by atoms with E-state index in [-0.39, 0.29) is 16.1 Å². The predicted octanol–water partition coefficient (Wildman–Crippen LogP) is 5.65. The van der Waals surface area contributed by atoms with Gasteiger partial charge in [-0.3, -0.25) is 4.90 Å². The lowest BCUT2D eigenvalue weighted by Gasteiger charge is -2.25. The molecule has 10 heteroatoms. The maximum absolute atomic E-state index is 14.3. The molecule has 6 rings (SSSR count). The second-order valence-electron chi connectivity index (χ2n) is 9.54. The summed E-state index contributed by atoms with van der Waals surface area (Å²) in [6.45, 7) is 5.96. The number of morpholine rings is 1. The number of hydrogen-bond acceptors (Lipinski definition) is 7. The fraction of sp³-hybridized carbons (Fsp3) is 0.207. The average molecular weight is 564 g/mol. The van der Waals surface area contributed by atoms with Crippen molar-refractivity contribution in [2.24, 2.45) is 0 Å². The quantitative estimate of drug-likeness (QED) is 0.287. The van der Waals surface area contributed by atoms with Gasteiger partial charge in [0.05, 0.1) is 18.1 Å². The van der Waals surface area contributed by atoms with Crippen LogP contribution in [0.3, 0.4) is 0 Å². The number of aryl methyl sites for hydroxylation is 1. The van der Waals surface area contributed by atoms with Gasteiger partial charge in [-0.05, 0) is 43.3 Å². The number of phenols is 1. The monoisotopic (exact) mass is 563 g/mol. The van der Waals surface area contributed by atoms with Gasteiger partial charge in [0, 0.05) is 63.9 Å². The number of halogens is 1. The Morgan fingerprint density at radius 1 is 1.05 bits per heavy atom. The van der Waals surface area contributed by atoms with Crippen LogP contribution in [0.1, 0.15) is 10.4 Å². The van der Waals surface area contributed by atoms with E-state index < -0.39 is 21.6 Å². The number of hydrogen-bond donors (Lipinski definition) is 1. The lowest BCUT2D eigenvalue weighted by Crippen LogP contribution is -2.35. The van der Waals surface area contributed by atoms with Gasteiger partial charge < -0.3 is 9.84 Å². The third-order valence-electron chi connectivity index (χ3n) is 6.90. The van der Waals surface area contributed by atoms with Crippen LogP contribution < -0.4 is 0 Å². The summed E-state index contributed by atoms with van der Waals surface area (Å²) in [5.74, 6) is -1.33. The summed E-state index contributed by atoms with van der Waals surface area (Å²) in [6, 6.07) is 16.7. The van der Waals surface area contributed by atoms with Crippen LogP contribution in [-0.4, -0.2) is 53.7 Å². The number of pyridine rings is 1. The van der Waals surface area contributed by atoms with E-state index in [1.54, 1.807) is 47.9 Å². The zero-order valence-electron chi connectivity index (χ0n) is 21.2. The third-order valence-corrected chi connectivity index (χ3v) is 9.68. The number of para-hydroxylation sites is 1. The Bertz CT molecular complexity index is 1770. The molecule has 0 aliphatic carbocycles. The molecule has 1 N–H and O–H groups in total. The summed E-state index contributed by atoms with van der Waals surface area (Å²) >= 11 is 1.65. The Labute approximate surface area is 229 Å². The molecule has 1 aliphatic rings. The molecule has 200 valence electrons. The highest BCUT2D eigenvalue weighted by atomic mass is 32.2. The van der Waals surface area contributed by atoms with Gasteiger partial charge in [-0.1, -0.05) is 29.8 Å². The van der Waals surface area contributed by atoms with Crippen molar-refractivity contribution in [3.8, 4) is 27.3 Å². The molecular weight excluding hydrogens is 537 g/mol. The second kappa shape index (κ2) is 10.2. The Hall–Kier alpha value is -3.57. The molecule has 0 radical (unpaired) electrons. The summed E-state index contributed by atoms with van der Waals surface area (Å²) in [4.78, 5) is 9.22. The van der Waals surface area contributed by atoms with Gasteiger partial charge in [-0.15, -0.1) is 11.3 Å². The molecule has 7 nitrogen and oxygen atoms in total. The van der Waals surface area contributed by atoms with Gasteiger partial charge in [0.1, 0.15) is 0 Å². The largest absolute Gasteiger partial charge is 0.504 e. The molecule has 39 heavy (non-hydrogen) atoms. The number of nitrogens with zero attached hydrogens (tertiary/aromatic N) is 3. The molecule has 2 aromatic carbocycles. The van der Waals surface area contributed by atoms with Crippen LogP contribution in [0.15, 0.2) is 78.0 Å². The van der Waals surface area contributed by atoms with E-state index in [4.69, 9.17) is 4.74 Å². The highest BCUT2D eigenvalue weighted by molar-refractivity contribution is 7.90. The lowest BCUT2D eigenvalue weighted by atomic mass is 10.0. The number of rotatable bonds is 6. The van der Waals surface area contributed by atoms with E-state index in [1.165, 1.54) is 17.1 Å². The number of aromatic hydroxyl groups is 1. The van der Waals surface area contributed by atoms with Crippen molar-refractivity contribution < 1.29 is 22.7 Å². The Balaban J connectivity index is 1.47. The Kier molecular flexibility index (Phi) is 6.72. The first kappa shape index (κ1) is 25.7. The van der Waals surface area contributed by atoms with Gasteiger partial charge >= 0.3 is 0 Å². The molecule has 0 bridgehead atoms. The zero-order chi connectivity index (χ0) is 27.1. The summed E-state index contributed by atoms with van der Waals surface area (Å²) in [6.07, 6.45) is 3.06. The van der Waals surface area contributed by atoms with E-state index >= 15 is 0 Å². The molecule has 0 amide bonds. The van der Waals surface area contributed by atoms with Gasteiger partial charge in [0.15, 0.2) is 17.2 Å². The molecule has 0 saturated carbocycles. The van der Waals surface area contributed by atoms with E-state index in [0.717, 1.165) is 58.9 Å². The SMILES string of the molecule is Cc1ccc(S(=O)(=O)n2cc(-c3cccc(F)c3O)c3cc(-c4ccc(CN5CCOCC5)s4)cnc32)cc1. The number of aromatic nitrogens is 2. The number of phenolic OH excluding ortho intramolecular Hbond substituents is 1. The van der Waals surface area contributed by atoms with Crippen LogP contribution >= 0.6 is 11.3 Å². The zero-order valence-corrected chi connectivity index (χ0v) is 22.8. The average Bonchev–Trinajstić information content (AvgIpc) is 3.56. The van der Waals surface area contributed by atoms with Gasteiger partial charge in [-0.25, -0.2) is 21.8 Å². The van der Waals surface area contributed by atoms with Crippen LogP contribution in [0, 0.1) is 12.7 Å². The van der Waals surface area contributed by atoms with Crippen molar-refractivity contribution in [1.29, 1.82) is 0 Å². The van der Waals surface area contributed by atoms with Gasteiger partial charge in [0.25, 0.3) is 10.0 Å². The molecular formula is C29H26FN3O4S2. The van der Waals surface area contributed by atoms with Crippen LogP contribution in [0.5, 0.6) is 5.75 Å². The second-order valence-corrected chi connectivity index (χ2v) is 12.5. The molecule has 0 spiro atoms. The Morgan fingerprint density at radius 2 is 1.82 bits per heavy atom. The normalized spacial score (nSPS) is 14.7.